The molecule has 0 radical (unpaired) electrons. The molecule has 0 bridgehead atoms. The summed E-state index contributed by atoms with van der Waals surface area (Å²) in [6, 6.07) is 6.93. The molecule has 0 aliphatic heterocycles. The predicted molar refractivity (Wildman–Crippen MR) is 103 cm³/mol. The van der Waals surface area contributed by atoms with Crippen LogP contribution >= 0.6 is 0 Å². The van der Waals surface area contributed by atoms with Crippen molar-refractivity contribution < 1.29 is 9.90 Å². The third-order valence-electron chi connectivity index (χ3n) is 4.44. The Hall–Kier alpha value is -3.49. The zero-order valence-corrected chi connectivity index (χ0v) is 15.6. The average molecular weight is 382 g/mol. The van der Waals surface area contributed by atoms with Gasteiger partial charge < -0.3 is 10.8 Å². The third-order valence-corrected chi connectivity index (χ3v) is 4.44. The van der Waals surface area contributed by atoms with E-state index in [2.05, 4.69) is 15.3 Å². The van der Waals surface area contributed by atoms with Gasteiger partial charge in [0.15, 0.2) is 0 Å². The van der Waals surface area contributed by atoms with E-state index in [-0.39, 0.29) is 5.82 Å². The number of carboxylic acid groups (broad SMARTS) is 1. The molecule has 0 saturated heterocycles. The minimum Gasteiger partial charge on any atom is -0.478 e. The van der Waals surface area contributed by atoms with Crippen LogP contribution in [0.5, 0.6) is 0 Å². The Labute approximate surface area is 161 Å². The molecule has 0 atom stereocenters. The topological polar surface area (TPSA) is 129 Å². The molecule has 0 unspecified atom stereocenters. The number of rotatable bonds is 8. The van der Waals surface area contributed by atoms with Gasteiger partial charge in [-0.3, -0.25) is 9.25 Å². The van der Waals surface area contributed by atoms with E-state index >= 15 is 0 Å². The molecule has 9 heteroatoms. The van der Waals surface area contributed by atoms with E-state index in [0.29, 0.717) is 24.3 Å². The SMILES string of the molecule is Cc1cn(Cc2cn(CCCCc3ccc(C(=O)O)cc3)nn2)c(=O)nc1N. The van der Waals surface area contributed by atoms with Crippen LogP contribution in [0.2, 0.25) is 0 Å². The quantitative estimate of drug-likeness (QED) is 0.565. The Balaban J connectivity index is 1.49. The van der Waals surface area contributed by atoms with E-state index in [1.807, 2.05) is 18.3 Å². The van der Waals surface area contributed by atoms with E-state index in [4.69, 9.17) is 10.8 Å². The highest BCUT2D eigenvalue weighted by atomic mass is 16.4. The van der Waals surface area contributed by atoms with E-state index in [9.17, 15) is 9.59 Å². The number of unbranched alkanes of at least 4 members (excludes halogenated alkanes) is 1. The molecule has 0 fully saturated rings. The summed E-state index contributed by atoms with van der Waals surface area (Å²) in [5.74, 6) is -0.678. The minimum atomic E-state index is -0.916. The number of hydrogen-bond acceptors (Lipinski definition) is 6. The fourth-order valence-corrected chi connectivity index (χ4v) is 2.84. The Kier molecular flexibility index (Phi) is 5.83. The van der Waals surface area contributed by atoms with Crippen LogP contribution in [-0.2, 0) is 19.5 Å². The number of aromatic carboxylic acids is 1. The Morgan fingerprint density at radius 2 is 1.93 bits per heavy atom. The average Bonchev–Trinajstić information content (AvgIpc) is 3.11. The van der Waals surface area contributed by atoms with Crippen molar-refractivity contribution in [1.82, 2.24) is 24.5 Å². The number of carboxylic acids is 1. The number of hydrogen-bond donors (Lipinski definition) is 2. The largest absolute Gasteiger partial charge is 0.478 e. The maximum Gasteiger partial charge on any atom is 0.349 e. The number of aromatic nitrogens is 5. The molecule has 3 N–H and O–H groups in total. The van der Waals surface area contributed by atoms with Gasteiger partial charge in [-0.25, -0.2) is 9.59 Å². The molecule has 1 aromatic carbocycles. The molecule has 2 aromatic heterocycles. The number of aryl methyl sites for hydroxylation is 3. The highest BCUT2D eigenvalue weighted by Crippen LogP contribution is 2.09. The van der Waals surface area contributed by atoms with Crippen molar-refractivity contribution in [3.8, 4) is 0 Å². The van der Waals surface area contributed by atoms with Gasteiger partial charge >= 0.3 is 11.7 Å². The lowest BCUT2D eigenvalue weighted by molar-refractivity contribution is 0.0697. The molecule has 0 aliphatic rings. The zero-order chi connectivity index (χ0) is 20.1. The van der Waals surface area contributed by atoms with Crippen molar-refractivity contribution in [2.75, 3.05) is 5.73 Å². The lowest BCUT2D eigenvalue weighted by Crippen LogP contribution is -2.24. The van der Waals surface area contributed by atoms with Gasteiger partial charge in [-0.1, -0.05) is 17.3 Å². The van der Waals surface area contributed by atoms with Gasteiger partial charge in [0.2, 0.25) is 0 Å². The number of anilines is 1. The van der Waals surface area contributed by atoms with Crippen molar-refractivity contribution in [3.05, 3.63) is 69.5 Å². The molecule has 0 amide bonds. The summed E-state index contributed by atoms with van der Waals surface area (Å²) in [6.45, 7) is 2.81. The van der Waals surface area contributed by atoms with Crippen LogP contribution in [-0.4, -0.2) is 35.6 Å². The summed E-state index contributed by atoms with van der Waals surface area (Å²) in [7, 11) is 0. The Bertz CT molecular complexity index is 1020. The summed E-state index contributed by atoms with van der Waals surface area (Å²) in [6.07, 6.45) is 6.21. The Morgan fingerprint density at radius 3 is 2.64 bits per heavy atom. The van der Waals surface area contributed by atoms with E-state index in [1.54, 1.807) is 29.9 Å². The van der Waals surface area contributed by atoms with E-state index in [1.165, 1.54) is 4.57 Å². The summed E-state index contributed by atoms with van der Waals surface area (Å²) in [4.78, 5) is 26.5. The highest BCUT2D eigenvalue weighted by molar-refractivity contribution is 5.87. The van der Waals surface area contributed by atoms with Gasteiger partial charge in [0.05, 0.1) is 18.3 Å². The number of nitrogens with zero attached hydrogens (tertiary/aromatic N) is 5. The fourth-order valence-electron chi connectivity index (χ4n) is 2.84. The number of carbonyl (C=O) groups is 1. The van der Waals surface area contributed by atoms with E-state index < -0.39 is 11.7 Å². The summed E-state index contributed by atoms with van der Waals surface area (Å²) in [5, 5.41) is 17.1. The van der Waals surface area contributed by atoms with Crippen LogP contribution in [0.25, 0.3) is 0 Å². The number of nitrogen functional groups attached to an aromatic ring is 1. The smallest absolute Gasteiger partial charge is 0.349 e. The molecule has 3 aromatic rings. The molecule has 9 nitrogen and oxygen atoms in total. The second-order valence-electron chi connectivity index (χ2n) is 6.65. The zero-order valence-electron chi connectivity index (χ0n) is 15.6. The van der Waals surface area contributed by atoms with Gasteiger partial charge in [0.1, 0.15) is 11.5 Å². The van der Waals surface area contributed by atoms with Gasteiger partial charge in [0.25, 0.3) is 0 Å². The van der Waals surface area contributed by atoms with E-state index in [0.717, 1.165) is 30.4 Å². The first-order valence-electron chi connectivity index (χ1n) is 8.97. The lowest BCUT2D eigenvalue weighted by Gasteiger charge is -2.05. The first-order chi connectivity index (χ1) is 13.4. The highest BCUT2D eigenvalue weighted by Gasteiger charge is 2.07. The summed E-state index contributed by atoms with van der Waals surface area (Å²) < 4.78 is 3.21. The lowest BCUT2D eigenvalue weighted by atomic mass is 10.1. The first-order valence-corrected chi connectivity index (χ1v) is 8.97. The molecule has 0 saturated carbocycles. The van der Waals surface area contributed by atoms with Crippen molar-refractivity contribution in [1.29, 1.82) is 0 Å². The van der Waals surface area contributed by atoms with Gasteiger partial charge in [0, 0.05) is 18.3 Å². The van der Waals surface area contributed by atoms with Crippen LogP contribution < -0.4 is 11.4 Å². The normalized spacial score (nSPS) is 10.9. The summed E-state index contributed by atoms with van der Waals surface area (Å²) in [5.41, 5.74) is 8.04. The van der Waals surface area contributed by atoms with Gasteiger partial charge in [-0.15, -0.1) is 5.10 Å². The minimum absolute atomic E-state index is 0.238. The molecular formula is C19H22N6O3. The fraction of sp³-hybridized carbons (Fsp3) is 0.316. The molecule has 3 rings (SSSR count). The molecular weight excluding hydrogens is 360 g/mol. The van der Waals surface area contributed by atoms with Crippen molar-refractivity contribution in [3.63, 3.8) is 0 Å². The monoisotopic (exact) mass is 382 g/mol. The maximum atomic E-state index is 11.9. The van der Waals surface area contributed by atoms with Crippen LogP contribution in [0, 0.1) is 6.92 Å². The standard InChI is InChI=1S/C19H22N6O3/c1-13-10-24(19(28)21-17(13)20)11-16-12-25(23-22-16)9-3-2-4-14-5-7-15(8-6-14)18(26)27/h5-8,10,12H,2-4,9,11H2,1H3,(H,26,27)(H2,20,21,28). The first kappa shape index (κ1) is 19.3. The Morgan fingerprint density at radius 1 is 1.18 bits per heavy atom. The maximum absolute atomic E-state index is 11.9. The summed E-state index contributed by atoms with van der Waals surface area (Å²) >= 11 is 0. The van der Waals surface area contributed by atoms with Crippen LogP contribution in [0.4, 0.5) is 5.82 Å². The predicted octanol–water partition coefficient (Wildman–Crippen LogP) is 1.49. The second-order valence-corrected chi connectivity index (χ2v) is 6.65. The third kappa shape index (κ3) is 4.81. The van der Waals surface area contributed by atoms with Gasteiger partial charge in [-0.2, -0.15) is 4.98 Å². The van der Waals surface area contributed by atoms with Crippen LogP contribution in [0.1, 0.15) is 40.0 Å². The molecule has 28 heavy (non-hydrogen) atoms. The molecule has 2 heterocycles. The van der Waals surface area contributed by atoms with Crippen LogP contribution in [0.15, 0.2) is 41.5 Å². The van der Waals surface area contributed by atoms with Crippen molar-refractivity contribution in [2.45, 2.75) is 39.3 Å². The van der Waals surface area contributed by atoms with Crippen LogP contribution in [0.3, 0.4) is 0 Å². The van der Waals surface area contributed by atoms with Gasteiger partial charge in [-0.05, 0) is 43.9 Å². The molecule has 146 valence electrons. The number of nitrogens with two attached hydrogens (primary N) is 1. The van der Waals surface area contributed by atoms with Crippen molar-refractivity contribution in [2.24, 2.45) is 0 Å². The molecule has 0 spiro atoms. The van der Waals surface area contributed by atoms with Crippen molar-refractivity contribution >= 4 is 11.8 Å². The second kappa shape index (κ2) is 8.47. The number of benzene rings is 1. The molecule has 0 aliphatic carbocycles.